The molecule has 2 aromatic rings. The minimum atomic E-state index is -1.61. The van der Waals surface area contributed by atoms with Crippen LogP contribution in [0.3, 0.4) is 0 Å². The molecule has 400 valence electrons. The van der Waals surface area contributed by atoms with Crippen LogP contribution >= 0.6 is 12.6 Å². The Balaban J connectivity index is 1.98. The number of ketones is 2. The number of Topliss-reactive ketones (excluding diaryl/α,β-unsaturated/α-hetero) is 2. The molecule has 0 aliphatic heterocycles. The van der Waals surface area contributed by atoms with Gasteiger partial charge in [-0.1, -0.05) is 73.5 Å². The summed E-state index contributed by atoms with van der Waals surface area (Å²) in [5.74, 6) is -11.8. The molecule has 2 unspecified atom stereocenters. The largest absolute Gasteiger partial charge is 0.481 e. The van der Waals surface area contributed by atoms with Gasteiger partial charge in [-0.3, -0.25) is 47.9 Å². The van der Waals surface area contributed by atoms with Crippen LogP contribution in [0.4, 0.5) is 4.79 Å². The number of carboxylic acid groups (broad SMARTS) is 4. The lowest BCUT2D eigenvalue weighted by Crippen LogP contribution is -2.53. The third kappa shape index (κ3) is 26.0. The van der Waals surface area contributed by atoms with Gasteiger partial charge in [0.1, 0.15) is 12.1 Å². The second-order valence-electron chi connectivity index (χ2n) is 17.0. The number of rotatable bonds is 38. The molecule has 0 radical (unpaired) electrons. The van der Waals surface area contributed by atoms with Gasteiger partial charge in [-0.2, -0.15) is 12.6 Å². The van der Waals surface area contributed by atoms with Crippen molar-refractivity contribution < 1.29 is 82.7 Å². The predicted molar refractivity (Wildman–Crippen MR) is 261 cm³/mol. The van der Waals surface area contributed by atoms with Gasteiger partial charge in [0.2, 0.25) is 23.6 Å². The van der Waals surface area contributed by atoms with Crippen LogP contribution in [-0.4, -0.2) is 141 Å². The van der Waals surface area contributed by atoms with Crippen LogP contribution in [0.2, 0.25) is 0 Å². The Labute approximate surface area is 426 Å². The number of carbonyl (C=O) groups is 12. The van der Waals surface area contributed by atoms with Crippen LogP contribution in [-0.2, 0) is 70.3 Å². The van der Waals surface area contributed by atoms with E-state index in [0.29, 0.717) is 31.2 Å². The molecule has 0 aliphatic carbocycles. The highest BCUT2D eigenvalue weighted by Gasteiger charge is 2.32. The summed E-state index contributed by atoms with van der Waals surface area (Å²) in [4.78, 5) is 148. The SMILES string of the molecule is N[C@@H](CNC(=O)C(CC(=O)C(Cc1ccccc1)NC(=O)CCCCCCNC(=O)CC[C@@H](NC(=O)N[C@H](CCC(=O)O)OC=O)C(=O)O)Cc1ccccc1)C(=O)N[C@@H](CC(=O)O)C(=O)C[C@H](CS)C(=O)O. The van der Waals surface area contributed by atoms with E-state index in [-0.39, 0.29) is 63.7 Å². The van der Waals surface area contributed by atoms with Crippen molar-refractivity contribution in [3.05, 3.63) is 71.8 Å². The summed E-state index contributed by atoms with van der Waals surface area (Å²) in [7, 11) is 0. The van der Waals surface area contributed by atoms with Gasteiger partial charge < -0.3 is 62.8 Å². The molecule has 0 saturated carbocycles. The van der Waals surface area contributed by atoms with E-state index in [9.17, 15) is 72.9 Å². The molecule has 12 N–H and O–H groups in total. The van der Waals surface area contributed by atoms with E-state index in [2.05, 4.69) is 49.3 Å². The molecule has 0 heterocycles. The smallest absolute Gasteiger partial charge is 0.326 e. The second-order valence-corrected chi connectivity index (χ2v) is 17.3. The maximum absolute atomic E-state index is 14.1. The Morgan fingerprint density at radius 1 is 0.575 bits per heavy atom. The van der Waals surface area contributed by atoms with Crippen LogP contribution in [0, 0.1) is 11.8 Å². The number of hydrogen-bond acceptors (Lipinski definition) is 15. The monoisotopic (exact) mass is 1040 g/mol. The minimum Gasteiger partial charge on any atom is -0.481 e. The first-order valence-electron chi connectivity index (χ1n) is 23.4. The summed E-state index contributed by atoms with van der Waals surface area (Å²) in [6.07, 6.45) is -2.06. The van der Waals surface area contributed by atoms with Crippen molar-refractivity contribution in [1.82, 2.24) is 31.9 Å². The number of carbonyl (C=O) groups excluding carboxylic acids is 8. The van der Waals surface area contributed by atoms with Crippen LogP contribution in [0.5, 0.6) is 0 Å². The molecule has 0 spiro atoms. The molecule has 0 aromatic heterocycles. The first-order chi connectivity index (χ1) is 34.7. The first-order valence-corrected chi connectivity index (χ1v) is 24.0. The van der Waals surface area contributed by atoms with Crippen molar-refractivity contribution in [3.8, 4) is 0 Å². The van der Waals surface area contributed by atoms with Crippen molar-refractivity contribution >= 4 is 84.2 Å². The lowest BCUT2D eigenvalue weighted by Gasteiger charge is -2.23. The molecular weight excluding hydrogens is 979 g/mol. The molecule has 73 heavy (non-hydrogen) atoms. The minimum absolute atomic E-state index is 0.000102. The highest BCUT2D eigenvalue weighted by molar-refractivity contribution is 7.80. The van der Waals surface area contributed by atoms with Crippen molar-refractivity contribution in [1.29, 1.82) is 0 Å². The molecule has 2 rings (SSSR count). The average molecular weight is 1040 g/mol. The number of nitrogens with two attached hydrogens (primary N) is 1. The molecule has 2 aromatic carbocycles. The van der Waals surface area contributed by atoms with E-state index in [0.717, 1.165) is 5.56 Å². The number of nitrogens with one attached hydrogen (secondary N) is 6. The Morgan fingerprint density at radius 3 is 1.75 bits per heavy atom. The number of aliphatic carboxylic acids is 4. The number of unbranched alkanes of at least 4 members (excludes halogenated alkanes) is 3. The van der Waals surface area contributed by atoms with E-state index in [1.54, 1.807) is 60.7 Å². The fourth-order valence-corrected chi connectivity index (χ4v) is 7.40. The molecular formula is C48H65N7O17S. The molecule has 0 aliphatic rings. The Hall–Kier alpha value is -7.41. The van der Waals surface area contributed by atoms with Crippen LogP contribution in [0.1, 0.15) is 88.2 Å². The van der Waals surface area contributed by atoms with E-state index in [4.69, 9.17) is 10.8 Å². The third-order valence-corrected chi connectivity index (χ3v) is 11.6. The van der Waals surface area contributed by atoms with Crippen LogP contribution < -0.4 is 37.6 Å². The zero-order valence-electron chi connectivity index (χ0n) is 40.0. The summed E-state index contributed by atoms with van der Waals surface area (Å²) in [5, 5.41) is 51.5. The summed E-state index contributed by atoms with van der Waals surface area (Å²) >= 11 is 3.91. The number of benzene rings is 2. The lowest BCUT2D eigenvalue weighted by atomic mass is 9.89. The van der Waals surface area contributed by atoms with E-state index in [1.807, 2.05) is 0 Å². The van der Waals surface area contributed by atoms with Crippen molar-refractivity contribution in [2.24, 2.45) is 17.6 Å². The number of ether oxygens (including phenoxy) is 1. The van der Waals surface area contributed by atoms with Gasteiger partial charge in [0.25, 0.3) is 6.47 Å². The maximum atomic E-state index is 14.1. The first kappa shape index (κ1) is 61.7. The molecule has 0 bridgehead atoms. The molecule has 6 amide bonds. The summed E-state index contributed by atoms with van der Waals surface area (Å²) in [6.45, 7) is -0.254. The highest BCUT2D eigenvalue weighted by Crippen LogP contribution is 2.17. The normalized spacial score (nSPS) is 13.7. The fraction of sp³-hybridized carbons (Fsp3) is 0.500. The molecule has 25 heteroatoms. The Morgan fingerprint density at radius 2 is 1.18 bits per heavy atom. The average Bonchev–Trinajstić information content (AvgIpc) is 3.34. The number of urea groups is 1. The third-order valence-electron chi connectivity index (χ3n) is 11.1. The standard InChI is InChI=1S/C48H65N7O17S/c49-33(45(66)53-36(25-43(63)64)38(58)24-32(27-73)46(67)68)26-51-44(65)31(21-29-11-5-3-6-12-29)23-37(57)35(22-30-13-7-4-8-14-30)52-40(60)15-9-1-2-10-20-50-39(59)17-16-34(47(69)70)54-48(71)55-41(72-28-56)18-19-42(61)62/h3-8,11-14,28,31-36,41,73H,1-2,9-10,15-27,49H2,(H,50,59)(H,51,65)(H,52,60)(H,53,66)(H,61,62)(H,63,64)(H,67,68)(H,69,70)(H2,54,55,71)/t31?,32-,33+,34-,35?,36+,41+/m1/s1. The number of amides is 6. The maximum Gasteiger partial charge on any atom is 0.326 e. The molecule has 7 atom stereocenters. The molecule has 24 nitrogen and oxygen atoms in total. The van der Waals surface area contributed by atoms with Gasteiger partial charge in [0.15, 0.2) is 17.8 Å². The number of carboxylic acids is 4. The van der Waals surface area contributed by atoms with E-state index in [1.165, 1.54) is 0 Å². The van der Waals surface area contributed by atoms with Gasteiger partial charge >= 0.3 is 29.9 Å². The van der Waals surface area contributed by atoms with Gasteiger partial charge in [0.05, 0.1) is 30.8 Å². The number of hydrogen-bond donors (Lipinski definition) is 12. The molecule has 0 fully saturated rings. The predicted octanol–water partition coefficient (Wildman–Crippen LogP) is 0.488. The van der Waals surface area contributed by atoms with Crippen molar-refractivity contribution in [3.63, 3.8) is 0 Å². The van der Waals surface area contributed by atoms with Gasteiger partial charge in [-0.25, -0.2) is 9.59 Å². The Kier molecular flexibility index (Phi) is 28.8. The van der Waals surface area contributed by atoms with Crippen molar-refractivity contribution in [2.75, 3.05) is 18.8 Å². The highest BCUT2D eigenvalue weighted by atomic mass is 32.1. The quantitative estimate of drug-likeness (QED) is 0.0188. The summed E-state index contributed by atoms with van der Waals surface area (Å²) in [5.41, 5.74) is 7.48. The van der Waals surface area contributed by atoms with Crippen molar-refractivity contribution in [2.45, 2.75) is 120 Å². The number of thiol groups is 1. The topological polar surface area (TPSA) is 393 Å². The zero-order valence-corrected chi connectivity index (χ0v) is 40.9. The van der Waals surface area contributed by atoms with E-state index < -0.39 is 133 Å². The zero-order chi connectivity index (χ0) is 54.3. The van der Waals surface area contributed by atoms with E-state index >= 15 is 0 Å². The van der Waals surface area contributed by atoms with Gasteiger partial charge in [-0.05, 0) is 43.2 Å². The Bertz CT molecular complexity index is 2190. The van der Waals surface area contributed by atoms with Crippen LogP contribution in [0.25, 0.3) is 0 Å². The summed E-state index contributed by atoms with van der Waals surface area (Å²) < 4.78 is 4.61. The van der Waals surface area contributed by atoms with Gasteiger partial charge in [-0.15, -0.1) is 0 Å². The van der Waals surface area contributed by atoms with Gasteiger partial charge in [0, 0.05) is 56.9 Å². The fourth-order valence-electron chi connectivity index (χ4n) is 7.12. The van der Waals surface area contributed by atoms with Crippen LogP contribution in [0.15, 0.2) is 60.7 Å². The lowest BCUT2D eigenvalue weighted by molar-refractivity contribution is -0.144. The second kappa shape index (κ2) is 34.0. The summed E-state index contributed by atoms with van der Waals surface area (Å²) in [6, 6.07) is 11.0. The molecule has 0 saturated heterocycles.